The highest BCUT2D eigenvalue weighted by Gasteiger charge is 2.10. The van der Waals surface area contributed by atoms with Gasteiger partial charge in [-0.15, -0.1) is 0 Å². The summed E-state index contributed by atoms with van der Waals surface area (Å²) in [5.41, 5.74) is 0. The minimum atomic E-state index is 0.294. The average molecular weight is 262 g/mol. The number of anilines is 1. The number of thiazole rings is 1. The van der Waals surface area contributed by atoms with Crippen molar-refractivity contribution in [2.24, 2.45) is 0 Å². The molecule has 0 amide bonds. The topological polar surface area (TPSA) is 48.7 Å². The molecule has 3 nitrogen and oxygen atoms in total. The lowest BCUT2D eigenvalue weighted by Crippen LogP contribution is -2.15. The van der Waals surface area contributed by atoms with Gasteiger partial charge in [0.05, 0.1) is 0 Å². The van der Waals surface area contributed by atoms with Crippen molar-refractivity contribution < 1.29 is 0 Å². The van der Waals surface area contributed by atoms with Crippen LogP contribution >= 0.6 is 34.7 Å². The summed E-state index contributed by atoms with van der Waals surface area (Å²) in [6, 6.07) is 2.36. The predicted octanol–water partition coefficient (Wildman–Crippen LogP) is 3.22. The molecule has 0 radical (unpaired) electrons. The normalized spacial score (nSPS) is 12.1. The minimum absolute atomic E-state index is 0.294. The summed E-state index contributed by atoms with van der Waals surface area (Å²) in [5.74, 6) is 1.11. The highest BCUT2D eigenvalue weighted by Crippen LogP contribution is 2.26. The maximum absolute atomic E-state index is 8.71. The van der Waals surface area contributed by atoms with Crippen LogP contribution in [0.1, 0.15) is 18.2 Å². The van der Waals surface area contributed by atoms with Crippen molar-refractivity contribution in [1.82, 2.24) is 4.98 Å². The van der Waals surface area contributed by atoms with Crippen LogP contribution in [-0.4, -0.2) is 23.0 Å². The van der Waals surface area contributed by atoms with E-state index in [1.165, 1.54) is 11.3 Å². The zero-order chi connectivity index (χ0) is 11.3. The lowest BCUT2D eigenvalue weighted by molar-refractivity contribution is 0.771. The van der Waals surface area contributed by atoms with Crippen molar-refractivity contribution in [3.8, 4) is 6.07 Å². The maximum atomic E-state index is 8.71. The smallest absolute Gasteiger partial charge is 0.185 e. The largest absolute Gasteiger partial charge is 0.359 e. The van der Waals surface area contributed by atoms with Crippen molar-refractivity contribution in [2.45, 2.75) is 19.4 Å². The molecule has 0 saturated heterocycles. The molecule has 0 saturated carbocycles. The van der Waals surface area contributed by atoms with Crippen LogP contribution in [0.5, 0.6) is 0 Å². The first-order valence-electron chi connectivity index (χ1n) is 4.49. The highest BCUT2D eigenvalue weighted by molar-refractivity contribution is 7.98. The summed E-state index contributed by atoms with van der Waals surface area (Å²) in [7, 11) is 0. The van der Waals surface area contributed by atoms with E-state index in [1.807, 2.05) is 17.8 Å². The van der Waals surface area contributed by atoms with Gasteiger partial charge < -0.3 is 5.32 Å². The molecule has 0 spiro atoms. The van der Waals surface area contributed by atoms with Gasteiger partial charge >= 0.3 is 0 Å². The van der Waals surface area contributed by atoms with E-state index in [1.54, 1.807) is 0 Å². The van der Waals surface area contributed by atoms with Gasteiger partial charge in [0.25, 0.3) is 0 Å². The van der Waals surface area contributed by atoms with E-state index in [0.717, 1.165) is 17.3 Å². The minimum Gasteiger partial charge on any atom is -0.359 e. The third-order valence-electron chi connectivity index (χ3n) is 1.81. The van der Waals surface area contributed by atoms with Crippen LogP contribution in [-0.2, 0) is 0 Å². The van der Waals surface area contributed by atoms with Gasteiger partial charge in [-0.1, -0.05) is 22.9 Å². The molecule has 1 aromatic heterocycles. The second-order valence-electron chi connectivity index (χ2n) is 3.08. The number of hydrogen-bond acceptors (Lipinski definition) is 5. The monoisotopic (exact) mass is 261 g/mol. The number of halogens is 1. The Morgan fingerprint density at radius 2 is 2.47 bits per heavy atom. The Kier molecular flexibility index (Phi) is 5.23. The molecule has 0 aliphatic heterocycles. The van der Waals surface area contributed by atoms with E-state index < -0.39 is 0 Å². The first kappa shape index (κ1) is 12.6. The molecule has 1 aromatic rings. The highest BCUT2D eigenvalue weighted by atomic mass is 35.5. The average Bonchev–Trinajstić information content (AvgIpc) is 2.55. The summed E-state index contributed by atoms with van der Waals surface area (Å²) < 4.78 is 0. The third-order valence-corrected chi connectivity index (χ3v) is 3.73. The van der Waals surface area contributed by atoms with Crippen LogP contribution in [0.2, 0.25) is 5.15 Å². The van der Waals surface area contributed by atoms with Crippen LogP contribution in [0.15, 0.2) is 0 Å². The van der Waals surface area contributed by atoms with Crippen LogP contribution in [0.4, 0.5) is 5.13 Å². The van der Waals surface area contributed by atoms with E-state index in [9.17, 15) is 0 Å². The molecular weight excluding hydrogens is 250 g/mol. The van der Waals surface area contributed by atoms with Crippen molar-refractivity contribution >= 4 is 39.8 Å². The standard InChI is InChI=1S/C9H12ClN3S2/c1-6(3-4-14-2)12-9-13-8(10)7(5-11)15-9/h6H,3-4H2,1-2H3,(H,12,13). The lowest BCUT2D eigenvalue weighted by atomic mass is 10.3. The fourth-order valence-electron chi connectivity index (χ4n) is 1.01. The molecule has 0 fully saturated rings. The fraction of sp³-hybridized carbons (Fsp3) is 0.556. The molecule has 15 heavy (non-hydrogen) atoms. The maximum Gasteiger partial charge on any atom is 0.185 e. The Labute approximate surface area is 103 Å². The Morgan fingerprint density at radius 1 is 1.73 bits per heavy atom. The molecule has 6 heteroatoms. The van der Waals surface area contributed by atoms with Crippen molar-refractivity contribution in [3.63, 3.8) is 0 Å². The van der Waals surface area contributed by atoms with Gasteiger partial charge in [0.15, 0.2) is 10.3 Å². The number of rotatable bonds is 5. The number of hydrogen-bond donors (Lipinski definition) is 1. The molecule has 0 bridgehead atoms. The van der Waals surface area contributed by atoms with Gasteiger partial charge in [-0.3, -0.25) is 0 Å². The molecule has 1 heterocycles. The number of nitrogens with zero attached hydrogens (tertiary/aromatic N) is 2. The Morgan fingerprint density at radius 3 is 3.00 bits per heavy atom. The van der Waals surface area contributed by atoms with Gasteiger partial charge in [-0.2, -0.15) is 17.0 Å². The lowest BCUT2D eigenvalue weighted by Gasteiger charge is -2.11. The summed E-state index contributed by atoms with van der Waals surface area (Å²) >= 11 is 8.88. The number of nitrogens with one attached hydrogen (secondary N) is 1. The van der Waals surface area contributed by atoms with Crippen LogP contribution < -0.4 is 5.32 Å². The van der Waals surface area contributed by atoms with Crippen LogP contribution in [0.3, 0.4) is 0 Å². The number of thioether (sulfide) groups is 1. The molecule has 82 valence electrons. The molecule has 1 unspecified atom stereocenters. The summed E-state index contributed by atoms with van der Waals surface area (Å²) in [6.07, 6.45) is 3.15. The van der Waals surface area contributed by atoms with E-state index >= 15 is 0 Å². The van der Waals surface area contributed by atoms with E-state index in [0.29, 0.717) is 16.1 Å². The summed E-state index contributed by atoms with van der Waals surface area (Å²) in [4.78, 5) is 4.54. The number of nitriles is 1. The Hall–Kier alpha value is -0.440. The third kappa shape index (κ3) is 3.90. The SMILES string of the molecule is CSCCC(C)Nc1nc(Cl)c(C#N)s1. The fourth-order valence-corrected chi connectivity index (χ4v) is 2.66. The Bertz CT molecular complexity index is 359. The first-order valence-corrected chi connectivity index (χ1v) is 7.08. The zero-order valence-corrected chi connectivity index (χ0v) is 11.0. The van der Waals surface area contributed by atoms with Gasteiger partial charge in [-0.05, 0) is 25.4 Å². The first-order chi connectivity index (χ1) is 7.17. The van der Waals surface area contributed by atoms with Crippen LogP contribution in [0.25, 0.3) is 0 Å². The Balaban J connectivity index is 2.54. The molecule has 0 aromatic carbocycles. The number of aromatic nitrogens is 1. The quantitative estimate of drug-likeness (QED) is 0.884. The molecule has 1 atom stereocenters. The second-order valence-corrected chi connectivity index (χ2v) is 5.42. The molecule has 1 rings (SSSR count). The van der Waals surface area contributed by atoms with Gasteiger partial charge in [0.2, 0.25) is 0 Å². The zero-order valence-electron chi connectivity index (χ0n) is 8.58. The van der Waals surface area contributed by atoms with E-state index in [2.05, 4.69) is 23.5 Å². The predicted molar refractivity (Wildman–Crippen MR) is 67.9 cm³/mol. The van der Waals surface area contributed by atoms with Crippen molar-refractivity contribution in [2.75, 3.05) is 17.3 Å². The van der Waals surface area contributed by atoms with Gasteiger partial charge in [0.1, 0.15) is 10.9 Å². The van der Waals surface area contributed by atoms with Crippen molar-refractivity contribution in [1.29, 1.82) is 5.26 Å². The molecule has 1 N–H and O–H groups in total. The molecular formula is C9H12ClN3S2. The molecule has 0 aliphatic rings. The summed E-state index contributed by atoms with van der Waals surface area (Å²) in [5, 5.41) is 13.0. The van der Waals surface area contributed by atoms with Crippen molar-refractivity contribution in [3.05, 3.63) is 10.0 Å². The second kappa shape index (κ2) is 6.21. The van der Waals surface area contributed by atoms with Crippen LogP contribution in [0, 0.1) is 11.3 Å². The van der Waals surface area contributed by atoms with Gasteiger partial charge in [-0.25, -0.2) is 4.98 Å². The summed E-state index contributed by atoms with van der Waals surface area (Å²) in [6.45, 7) is 2.09. The molecule has 0 aliphatic carbocycles. The van der Waals surface area contributed by atoms with E-state index in [-0.39, 0.29) is 0 Å². The van der Waals surface area contributed by atoms with E-state index in [4.69, 9.17) is 16.9 Å². The van der Waals surface area contributed by atoms with Gasteiger partial charge in [0, 0.05) is 6.04 Å².